The zero-order valence-electron chi connectivity index (χ0n) is 11.5. The number of nitrogens with zero attached hydrogens (tertiary/aromatic N) is 3. The maximum absolute atomic E-state index is 4.33. The van der Waals surface area contributed by atoms with Gasteiger partial charge in [-0.25, -0.2) is 0 Å². The van der Waals surface area contributed by atoms with Crippen molar-refractivity contribution in [2.45, 2.75) is 6.92 Å². The first-order valence-electron chi connectivity index (χ1n) is 6.36. The van der Waals surface area contributed by atoms with E-state index in [1.807, 2.05) is 55.5 Å². The van der Waals surface area contributed by atoms with E-state index in [-0.39, 0.29) is 17.1 Å². The summed E-state index contributed by atoms with van der Waals surface area (Å²) in [4.78, 5) is 4.33. The maximum Gasteiger partial charge on any atom is 2.00 e. The molecule has 1 aromatic heterocycles. The van der Waals surface area contributed by atoms with Crippen molar-refractivity contribution in [3.8, 4) is 0 Å². The summed E-state index contributed by atoms with van der Waals surface area (Å²) in [5.74, 6) is 0. The van der Waals surface area contributed by atoms with Crippen molar-refractivity contribution in [3.05, 3.63) is 71.4 Å². The number of hydrogen-bond donors (Lipinski definition) is 1. The smallest absolute Gasteiger partial charge is 0.515 e. The Morgan fingerprint density at radius 2 is 1.90 bits per heavy atom. The van der Waals surface area contributed by atoms with E-state index in [1.54, 1.807) is 6.20 Å². The summed E-state index contributed by atoms with van der Waals surface area (Å²) < 4.78 is 0. The van der Waals surface area contributed by atoms with E-state index in [9.17, 15) is 0 Å². The maximum atomic E-state index is 4.33. The fourth-order valence-electron chi connectivity index (χ4n) is 1.65. The molecule has 2 aromatic rings. The minimum atomic E-state index is 0. The number of nitrogens with one attached hydrogen (secondary N) is 1. The Hall–Kier alpha value is -1.59. The standard InChI is InChI=1S/C15H16N4S.Cu/c1-2-16-15(20)19-18-14(12-8-4-3-5-9-12)13-10-6-7-11-17-13;/h3-11H,2H2,1H3,(H2,16,17,19,20);/q;+2. The summed E-state index contributed by atoms with van der Waals surface area (Å²) in [6.07, 6.45) is 1.74. The van der Waals surface area contributed by atoms with Crippen molar-refractivity contribution in [3.63, 3.8) is 0 Å². The van der Waals surface area contributed by atoms with Gasteiger partial charge in [-0.3, -0.25) is 10.3 Å². The minimum absolute atomic E-state index is 0. The molecule has 0 aliphatic heterocycles. The third kappa shape index (κ3) is 5.36. The fourth-order valence-corrected chi connectivity index (χ4v) is 1.85. The van der Waals surface area contributed by atoms with Crippen molar-refractivity contribution in [1.82, 2.24) is 10.3 Å². The molecule has 0 aliphatic rings. The molecular weight excluding hydrogens is 332 g/mol. The van der Waals surface area contributed by atoms with Crippen LogP contribution in [0, 0.1) is 0 Å². The van der Waals surface area contributed by atoms with Gasteiger partial charge < -0.3 is 10.5 Å². The van der Waals surface area contributed by atoms with E-state index in [1.165, 1.54) is 0 Å². The number of hydrogen-bond acceptors (Lipinski definition) is 2. The van der Waals surface area contributed by atoms with Gasteiger partial charge in [0.1, 0.15) is 0 Å². The topological polar surface area (TPSA) is 51.4 Å². The Morgan fingerprint density at radius 3 is 2.52 bits per heavy atom. The first-order valence-corrected chi connectivity index (χ1v) is 6.81. The van der Waals surface area contributed by atoms with Crippen LogP contribution in [0.3, 0.4) is 0 Å². The van der Waals surface area contributed by atoms with Crippen LogP contribution in [0.1, 0.15) is 18.2 Å². The van der Waals surface area contributed by atoms with E-state index in [0.717, 1.165) is 23.5 Å². The Kier molecular flexibility index (Phi) is 7.79. The molecule has 0 atom stereocenters. The summed E-state index contributed by atoms with van der Waals surface area (Å²) in [7, 11) is 0. The van der Waals surface area contributed by atoms with Crippen LogP contribution >= 0.6 is 0 Å². The van der Waals surface area contributed by atoms with Crippen LogP contribution in [0.4, 0.5) is 0 Å². The third-order valence-electron chi connectivity index (χ3n) is 2.53. The third-order valence-corrected chi connectivity index (χ3v) is 2.78. The normalized spacial score (nSPS) is 10.6. The minimum Gasteiger partial charge on any atom is -0.515 e. The van der Waals surface area contributed by atoms with E-state index >= 15 is 0 Å². The average molecular weight is 348 g/mol. The molecular formula is C15H16CuN4S+2. The van der Waals surface area contributed by atoms with Crippen LogP contribution < -0.4 is 5.32 Å². The van der Waals surface area contributed by atoms with Crippen molar-refractivity contribution in [1.29, 1.82) is 0 Å². The summed E-state index contributed by atoms with van der Waals surface area (Å²) in [5.41, 5.74) is 6.55. The summed E-state index contributed by atoms with van der Waals surface area (Å²) in [5, 5.41) is 7.76. The largest absolute Gasteiger partial charge is 2.00 e. The molecule has 4 nitrogen and oxygen atoms in total. The van der Waals surface area contributed by atoms with Crippen LogP contribution in [0.15, 0.2) is 59.8 Å². The molecule has 1 heterocycles. The van der Waals surface area contributed by atoms with Crippen LogP contribution in [0.5, 0.6) is 0 Å². The molecule has 1 radical (unpaired) electrons. The second-order valence-corrected chi connectivity index (χ2v) is 4.41. The van der Waals surface area contributed by atoms with Gasteiger partial charge in [0.2, 0.25) is 0 Å². The van der Waals surface area contributed by atoms with E-state index in [0.29, 0.717) is 5.11 Å². The zero-order valence-corrected chi connectivity index (χ0v) is 13.3. The molecule has 1 N–H and O–H groups in total. The predicted molar refractivity (Wildman–Crippen MR) is 87.1 cm³/mol. The van der Waals surface area contributed by atoms with Gasteiger partial charge in [-0.05, 0) is 18.7 Å². The van der Waals surface area contributed by atoms with Gasteiger partial charge in [-0.15, -0.1) is 0 Å². The van der Waals surface area contributed by atoms with Gasteiger partial charge in [-0.1, -0.05) is 43.3 Å². The predicted octanol–water partition coefficient (Wildman–Crippen LogP) is 2.18. The molecule has 0 saturated carbocycles. The van der Waals surface area contributed by atoms with Gasteiger partial charge in [0, 0.05) is 11.8 Å². The molecule has 0 fully saturated rings. The monoisotopic (exact) mass is 347 g/mol. The zero-order chi connectivity index (χ0) is 14.2. The number of thiol groups is 1. The van der Waals surface area contributed by atoms with Crippen LogP contribution in [0.2, 0.25) is 0 Å². The van der Waals surface area contributed by atoms with Gasteiger partial charge in [0.15, 0.2) is 17.3 Å². The molecule has 2 rings (SSSR count). The van der Waals surface area contributed by atoms with E-state index in [4.69, 9.17) is 0 Å². The van der Waals surface area contributed by atoms with E-state index in [2.05, 4.69) is 33.0 Å². The molecule has 6 heteroatoms. The van der Waals surface area contributed by atoms with Gasteiger partial charge in [0.25, 0.3) is 0 Å². The average Bonchev–Trinajstić information content (AvgIpc) is 2.50. The quantitative estimate of drug-likeness (QED) is 0.230. The number of benzene rings is 1. The molecule has 0 aliphatic carbocycles. The molecule has 1 aromatic carbocycles. The molecule has 111 valence electrons. The second-order valence-electron chi connectivity index (χ2n) is 3.98. The van der Waals surface area contributed by atoms with Crippen molar-refractivity contribution in [2.24, 2.45) is 5.10 Å². The molecule has 0 amide bonds. The van der Waals surface area contributed by atoms with Crippen molar-refractivity contribution < 1.29 is 17.1 Å². The van der Waals surface area contributed by atoms with Crippen LogP contribution in [-0.2, 0) is 29.3 Å². The SMILES string of the molecule is CCNC(=[SH+])[N-]N=C(c1ccccc1)c1ccccn1.[Cu+2]. The van der Waals surface area contributed by atoms with Crippen LogP contribution in [-0.4, -0.2) is 22.4 Å². The van der Waals surface area contributed by atoms with Gasteiger partial charge in [0.05, 0.1) is 11.4 Å². The summed E-state index contributed by atoms with van der Waals surface area (Å²) >= 11 is 4.22. The Bertz CT molecular complexity index is 546. The molecule has 0 spiro atoms. The number of rotatable bonds is 4. The molecule has 0 saturated heterocycles. The van der Waals surface area contributed by atoms with Gasteiger partial charge in [-0.2, -0.15) is 0 Å². The first-order chi connectivity index (χ1) is 9.81. The van der Waals surface area contributed by atoms with Crippen molar-refractivity contribution >= 4 is 23.0 Å². The Labute approximate surface area is 140 Å². The molecule has 0 bridgehead atoms. The molecule has 0 unspecified atom stereocenters. The Morgan fingerprint density at radius 1 is 1.19 bits per heavy atom. The molecule has 21 heavy (non-hydrogen) atoms. The first kappa shape index (κ1) is 17.5. The summed E-state index contributed by atoms with van der Waals surface area (Å²) in [6.45, 7) is 2.73. The van der Waals surface area contributed by atoms with Gasteiger partial charge >= 0.3 is 17.1 Å². The fraction of sp³-hybridized carbons (Fsp3) is 0.133. The number of pyridine rings is 1. The van der Waals surface area contributed by atoms with Crippen LogP contribution in [0.25, 0.3) is 5.43 Å². The van der Waals surface area contributed by atoms with E-state index < -0.39 is 0 Å². The van der Waals surface area contributed by atoms with Crippen molar-refractivity contribution in [2.75, 3.05) is 6.54 Å². The second kappa shape index (κ2) is 9.36. The summed E-state index contributed by atoms with van der Waals surface area (Å²) in [6, 6.07) is 15.6. The number of aromatic nitrogens is 1. The Balaban J connectivity index is 0.00000220.